The van der Waals surface area contributed by atoms with Crippen molar-refractivity contribution in [2.75, 3.05) is 12.3 Å². The number of halogens is 1. The van der Waals surface area contributed by atoms with Gasteiger partial charge in [-0.1, -0.05) is 18.2 Å². The lowest BCUT2D eigenvalue weighted by Crippen LogP contribution is -2.26. The Bertz CT molecular complexity index is 755. The van der Waals surface area contributed by atoms with Crippen LogP contribution in [-0.4, -0.2) is 29.0 Å². The normalized spacial score (nSPS) is 10.7. The van der Waals surface area contributed by atoms with Crippen LogP contribution in [0.5, 0.6) is 0 Å². The van der Waals surface area contributed by atoms with Gasteiger partial charge in [-0.15, -0.1) is 0 Å². The Hall–Kier alpha value is -2.08. The maximum Gasteiger partial charge on any atom is 0.268 e. The molecule has 1 aromatic carbocycles. The van der Waals surface area contributed by atoms with Gasteiger partial charge in [0.1, 0.15) is 11.5 Å². The number of carbonyl (C=O) groups excluding carboxylic acids is 2. The maximum absolute atomic E-state index is 13.5. The molecule has 0 radical (unpaired) electrons. The molecule has 0 fully saturated rings. The summed E-state index contributed by atoms with van der Waals surface area (Å²) in [6, 6.07) is 6.68. The maximum atomic E-state index is 13.5. The van der Waals surface area contributed by atoms with E-state index in [0.717, 1.165) is 0 Å². The number of nitrogens with one attached hydrogen (secondary N) is 2. The molecule has 1 heterocycles. The Labute approximate surface area is 145 Å². The fourth-order valence-corrected chi connectivity index (χ4v) is 3.47. The number of carbonyl (C=O) groups is 2. The van der Waals surface area contributed by atoms with Gasteiger partial charge in [0.05, 0.1) is 0 Å². The zero-order valence-electron chi connectivity index (χ0n) is 14.0. The molecule has 0 unspecified atom stereocenters. The van der Waals surface area contributed by atoms with E-state index in [4.69, 9.17) is 0 Å². The topological polar surface area (TPSA) is 62.0 Å². The lowest BCUT2D eigenvalue weighted by Gasteiger charge is -2.06. The highest BCUT2D eigenvalue weighted by Gasteiger charge is 2.19. The van der Waals surface area contributed by atoms with Crippen LogP contribution in [0.15, 0.2) is 24.3 Å². The van der Waals surface area contributed by atoms with Gasteiger partial charge >= 0.3 is 0 Å². The van der Waals surface area contributed by atoms with E-state index in [-0.39, 0.29) is 17.5 Å². The first-order valence-electron chi connectivity index (χ1n) is 7.71. The second kappa shape index (κ2) is 8.15. The van der Waals surface area contributed by atoms with E-state index in [1.165, 1.54) is 13.0 Å². The minimum absolute atomic E-state index is 0.0549. The van der Waals surface area contributed by atoms with Crippen LogP contribution >= 0.6 is 11.8 Å². The van der Waals surface area contributed by atoms with Crippen molar-refractivity contribution in [1.82, 2.24) is 10.3 Å². The molecular weight excluding hydrogens is 327 g/mol. The average molecular weight is 348 g/mol. The summed E-state index contributed by atoms with van der Waals surface area (Å²) in [5, 5.41) is 2.82. The van der Waals surface area contributed by atoms with Gasteiger partial charge in [0.2, 0.25) is 0 Å². The van der Waals surface area contributed by atoms with Crippen molar-refractivity contribution in [1.29, 1.82) is 0 Å². The number of rotatable bonds is 7. The Balaban J connectivity index is 1.83. The van der Waals surface area contributed by atoms with Crippen molar-refractivity contribution in [2.45, 2.75) is 26.5 Å². The summed E-state index contributed by atoms with van der Waals surface area (Å²) in [6.07, 6.45) is 0. The van der Waals surface area contributed by atoms with E-state index >= 15 is 0 Å². The zero-order valence-corrected chi connectivity index (χ0v) is 14.8. The molecule has 0 saturated carbocycles. The first-order valence-corrected chi connectivity index (χ1v) is 8.86. The Kier molecular flexibility index (Phi) is 6.20. The molecule has 0 atom stereocenters. The largest absolute Gasteiger partial charge is 0.354 e. The molecule has 1 amide bonds. The van der Waals surface area contributed by atoms with E-state index in [2.05, 4.69) is 10.3 Å². The summed E-state index contributed by atoms with van der Waals surface area (Å²) in [6.45, 7) is 5.52. The fraction of sp³-hybridized carbons (Fsp3) is 0.333. The summed E-state index contributed by atoms with van der Waals surface area (Å²) in [5.41, 5.74) is 3.05. The van der Waals surface area contributed by atoms with E-state index < -0.39 is 0 Å². The van der Waals surface area contributed by atoms with E-state index in [9.17, 15) is 14.0 Å². The zero-order chi connectivity index (χ0) is 17.7. The van der Waals surface area contributed by atoms with Crippen LogP contribution in [0.3, 0.4) is 0 Å². The number of aryl methyl sites for hydroxylation is 1. The molecule has 2 N–H and O–H groups in total. The molecule has 4 nitrogen and oxygen atoms in total. The predicted octanol–water partition coefficient (Wildman–Crippen LogP) is 3.64. The molecule has 0 saturated heterocycles. The highest BCUT2D eigenvalue weighted by Crippen LogP contribution is 2.18. The fourth-order valence-electron chi connectivity index (χ4n) is 2.63. The molecule has 6 heteroatoms. The molecule has 0 aliphatic rings. The van der Waals surface area contributed by atoms with Crippen molar-refractivity contribution in [2.24, 2.45) is 0 Å². The first kappa shape index (κ1) is 18.3. The minimum atomic E-state index is -0.227. The third-order valence-electron chi connectivity index (χ3n) is 3.76. The quantitative estimate of drug-likeness (QED) is 0.593. The van der Waals surface area contributed by atoms with Gasteiger partial charge in [-0.25, -0.2) is 4.39 Å². The Morgan fingerprint density at radius 3 is 2.58 bits per heavy atom. The van der Waals surface area contributed by atoms with Gasteiger partial charge < -0.3 is 10.3 Å². The number of benzene rings is 1. The third-order valence-corrected chi connectivity index (χ3v) is 4.77. The minimum Gasteiger partial charge on any atom is -0.354 e. The summed E-state index contributed by atoms with van der Waals surface area (Å²) >= 11 is 1.56. The van der Waals surface area contributed by atoms with Crippen LogP contribution in [0.2, 0.25) is 0 Å². The van der Waals surface area contributed by atoms with Crippen LogP contribution in [0, 0.1) is 19.7 Å². The Morgan fingerprint density at radius 1 is 1.25 bits per heavy atom. The van der Waals surface area contributed by atoms with Gasteiger partial charge in [-0.2, -0.15) is 11.8 Å². The number of thioether (sulfide) groups is 1. The number of amides is 1. The molecular formula is C18H21FN2O2S. The molecule has 128 valence electrons. The number of aromatic nitrogens is 1. The Morgan fingerprint density at radius 2 is 1.96 bits per heavy atom. The lowest BCUT2D eigenvalue weighted by molar-refractivity contribution is 0.0951. The molecule has 1 aromatic heterocycles. The van der Waals surface area contributed by atoms with Crippen molar-refractivity contribution in [3.05, 3.63) is 58.2 Å². The van der Waals surface area contributed by atoms with Crippen molar-refractivity contribution >= 4 is 23.5 Å². The summed E-state index contributed by atoms with van der Waals surface area (Å²) in [4.78, 5) is 26.8. The smallest absolute Gasteiger partial charge is 0.268 e. The van der Waals surface area contributed by atoms with Gasteiger partial charge in [-0.3, -0.25) is 9.59 Å². The first-order chi connectivity index (χ1) is 11.4. The lowest BCUT2D eigenvalue weighted by atomic mass is 10.1. The molecule has 0 bridgehead atoms. The van der Waals surface area contributed by atoms with Gasteiger partial charge in [0.15, 0.2) is 5.78 Å². The van der Waals surface area contributed by atoms with E-state index in [1.807, 2.05) is 6.07 Å². The summed E-state index contributed by atoms with van der Waals surface area (Å²) in [7, 11) is 0. The molecule has 0 aliphatic heterocycles. The standard InChI is InChI=1S/C18H21FN2O2S/c1-11-16(13(3)22)12(2)21-17(11)18(23)20-8-9-24-10-14-6-4-5-7-15(14)19/h4-7,21H,8-10H2,1-3H3,(H,20,23). The summed E-state index contributed by atoms with van der Waals surface area (Å²) in [5.74, 6) is 0.759. The van der Waals surface area contributed by atoms with Gasteiger partial charge in [0.25, 0.3) is 5.91 Å². The van der Waals surface area contributed by atoms with Crippen molar-refractivity contribution in [3.8, 4) is 0 Å². The van der Waals surface area contributed by atoms with Crippen LogP contribution in [0.25, 0.3) is 0 Å². The second-order valence-corrected chi connectivity index (χ2v) is 6.69. The number of hydrogen-bond acceptors (Lipinski definition) is 3. The van der Waals surface area contributed by atoms with Gasteiger partial charge in [-0.05, 0) is 38.0 Å². The van der Waals surface area contributed by atoms with Crippen molar-refractivity contribution in [3.63, 3.8) is 0 Å². The van der Waals surface area contributed by atoms with Crippen LogP contribution in [-0.2, 0) is 5.75 Å². The van der Waals surface area contributed by atoms with Crippen LogP contribution in [0.1, 0.15) is 44.6 Å². The average Bonchev–Trinajstić information content (AvgIpc) is 2.83. The molecule has 0 aliphatic carbocycles. The highest BCUT2D eigenvalue weighted by atomic mass is 32.2. The summed E-state index contributed by atoms with van der Waals surface area (Å²) < 4.78 is 13.5. The van der Waals surface area contributed by atoms with E-state index in [1.54, 1.807) is 37.7 Å². The number of aromatic amines is 1. The number of ketones is 1. The second-order valence-electron chi connectivity index (χ2n) is 5.58. The SMILES string of the molecule is CC(=O)c1c(C)[nH]c(C(=O)NCCSCc2ccccc2F)c1C. The molecule has 0 spiro atoms. The molecule has 2 rings (SSSR count). The van der Waals surface area contributed by atoms with Crippen molar-refractivity contribution < 1.29 is 14.0 Å². The molecule has 24 heavy (non-hydrogen) atoms. The van der Waals surface area contributed by atoms with Gasteiger partial charge in [0, 0.05) is 29.3 Å². The molecule has 2 aromatic rings. The monoisotopic (exact) mass is 348 g/mol. The number of hydrogen-bond donors (Lipinski definition) is 2. The van der Waals surface area contributed by atoms with E-state index in [0.29, 0.717) is 46.1 Å². The number of Topliss-reactive ketones (excluding diaryl/α,β-unsaturated/α-hetero) is 1. The van der Waals surface area contributed by atoms with Crippen LogP contribution < -0.4 is 5.32 Å². The number of H-pyrrole nitrogens is 1. The predicted molar refractivity (Wildman–Crippen MR) is 95.2 cm³/mol. The van der Waals surface area contributed by atoms with Crippen LogP contribution in [0.4, 0.5) is 4.39 Å². The highest BCUT2D eigenvalue weighted by molar-refractivity contribution is 7.98. The third kappa shape index (κ3) is 4.26.